The smallest absolute Gasteiger partial charge is 0.252 e. The molecular weight excluding hydrogens is 435 g/mol. The van der Waals surface area contributed by atoms with Crippen LogP contribution in [-0.2, 0) is 4.79 Å². The molecule has 0 bridgehead atoms. The van der Waals surface area contributed by atoms with Crippen LogP contribution in [0.4, 0.5) is 5.13 Å². The standard InChI is InChI=1S/C24H30N6O2S/c1-29-13-15-30(16-14-29)23-27-20(17-33-23)18-5-7-19(8-6-18)21(31)28-24(9-3-2-4-10-24)22(32)26-12-11-25/h5-8,17H,2-4,9-10,12-16H2,1H3,(H,26,32)(H,28,31)/i1-1. The normalized spacial score (nSPS) is 18.4. The molecule has 1 saturated heterocycles. The molecule has 8 nitrogen and oxygen atoms in total. The number of hydrogen-bond acceptors (Lipinski definition) is 7. The van der Waals surface area contributed by atoms with Crippen molar-refractivity contribution >= 4 is 28.3 Å². The van der Waals surface area contributed by atoms with E-state index in [1.165, 1.54) is 0 Å². The van der Waals surface area contributed by atoms with Crippen LogP contribution < -0.4 is 15.5 Å². The molecule has 9 heteroatoms. The van der Waals surface area contributed by atoms with Crippen molar-refractivity contribution in [1.29, 1.82) is 5.26 Å². The molecule has 4 rings (SSSR count). The summed E-state index contributed by atoms with van der Waals surface area (Å²) >= 11 is 1.64. The Morgan fingerprint density at radius 3 is 2.48 bits per heavy atom. The number of nitrogens with one attached hydrogen (secondary N) is 2. The second-order valence-corrected chi connectivity index (χ2v) is 9.66. The first-order valence-electron chi connectivity index (χ1n) is 11.5. The summed E-state index contributed by atoms with van der Waals surface area (Å²) in [7, 11) is 2.14. The Hall–Kier alpha value is -2.96. The van der Waals surface area contributed by atoms with Crippen molar-refractivity contribution in [3.63, 3.8) is 0 Å². The first-order chi connectivity index (χ1) is 16.0. The van der Waals surface area contributed by atoms with Crippen molar-refractivity contribution in [3.8, 4) is 17.3 Å². The van der Waals surface area contributed by atoms with E-state index >= 15 is 0 Å². The summed E-state index contributed by atoms with van der Waals surface area (Å²) in [6.45, 7) is 3.97. The summed E-state index contributed by atoms with van der Waals surface area (Å²) in [4.78, 5) is 35.2. The van der Waals surface area contributed by atoms with Gasteiger partial charge in [-0.15, -0.1) is 11.3 Å². The molecule has 0 atom stereocenters. The summed E-state index contributed by atoms with van der Waals surface area (Å²) in [6.07, 6.45) is 3.96. The number of benzene rings is 1. The topological polar surface area (TPSA) is 101 Å². The maximum absolute atomic E-state index is 13.0. The van der Waals surface area contributed by atoms with Gasteiger partial charge >= 0.3 is 0 Å². The van der Waals surface area contributed by atoms with Gasteiger partial charge in [0, 0.05) is 42.7 Å². The van der Waals surface area contributed by atoms with Gasteiger partial charge in [0.15, 0.2) is 5.13 Å². The van der Waals surface area contributed by atoms with Gasteiger partial charge in [0.25, 0.3) is 5.91 Å². The van der Waals surface area contributed by atoms with E-state index in [-0.39, 0.29) is 18.4 Å². The van der Waals surface area contributed by atoms with Gasteiger partial charge in [-0.3, -0.25) is 9.59 Å². The van der Waals surface area contributed by atoms with E-state index in [1.807, 2.05) is 18.2 Å². The molecule has 33 heavy (non-hydrogen) atoms. The fourth-order valence-corrected chi connectivity index (χ4v) is 5.36. The molecule has 2 amide bonds. The highest BCUT2D eigenvalue weighted by Gasteiger charge is 2.40. The minimum atomic E-state index is -0.947. The van der Waals surface area contributed by atoms with E-state index in [4.69, 9.17) is 10.2 Å². The van der Waals surface area contributed by atoms with Gasteiger partial charge in [-0.1, -0.05) is 31.4 Å². The van der Waals surface area contributed by atoms with E-state index in [9.17, 15) is 9.59 Å². The molecule has 0 radical (unpaired) electrons. The van der Waals surface area contributed by atoms with Crippen LogP contribution in [0, 0.1) is 11.3 Å². The lowest BCUT2D eigenvalue weighted by molar-refractivity contribution is -0.128. The first kappa shape index (κ1) is 23.2. The molecule has 0 unspecified atom stereocenters. The molecule has 2 fully saturated rings. The summed E-state index contributed by atoms with van der Waals surface area (Å²) in [5.41, 5.74) is 1.42. The molecule has 0 spiro atoms. The largest absolute Gasteiger partial charge is 0.346 e. The van der Waals surface area contributed by atoms with Crippen LogP contribution in [0.1, 0.15) is 42.5 Å². The summed E-state index contributed by atoms with van der Waals surface area (Å²) in [5.74, 6) is -0.542. The quantitative estimate of drug-likeness (QED) is 0.636. The molecule has 2 heterocycles. The van der Waals surface area contributed by atoms with E-state index in [2.05, 4.69) is 32.9 Å². The highest BCUT2D eigenvalue weighted by Crippen LogP contribution is 2.30. The molecule has 1 saturated carbocycles. The number of likely N-dealkylation sites (N-methyl/N-ethyl adjacent to an activating group) is 1. The summed E-state index contributed by atoms with van der Waals surface area (Å²) in [5, 5.41) is 17.5. The minimum absolute atomic E-state index is 0.0606. The number of aromatic nitrogens is 1. The summed E-state index contributed by atoms with van der Waals surface area (Å²) < 4.78 is 0. The Labute approximate surface area is 198 Å². The minimum Gasteiger partial charge on any atom is -0.346 e. The molecule has 1 aliphatic carbocycles. The number of carbonyl (C=O) groups is 2. The lowest BCUT2D eigenvalue weighted by atomic mass is 9.80. The van der Waals surface area contributed by atoms with Crippen molar-refractivity contribution < 1.29 is 9.59 Å². The van der Waals surface area contributed by atoms with Gasteiger partial charge in [-0.05, 0) is 32.0 Å². The third kappa shape index (κ3) is 5.34. The van der Waals surface area contributed by atoms with Crippen LogP contribution in [0.2, 0.25) is 0 Å². The Morgan fingerprint density at radius 1 is 1.12 bits per heavy atom. The van der Waals surface area contributed by atoms with Crippen molar-refractivity contribution in [3.05, 3.63) is 35.2 Å². The molecule has 1 aromatic carbocycles. The predicted octanol–water partition coefficient (Wildman–Crippen LogP) is 2.63. The van der Waals surface area contributed by atoms with Crippen LogP contribution in [0.25, 0.3) is 11.3 Å². The van der Waals surface area contributed by atoms with Crippen LogP contribution in [-0.4, -0.2) is 67.0 Å². The Bertz CT molecular complexity index is 1010. The number of anilines is 1. The van der Waals surface area contributed by atoms with Crippen molar-refractivity contribution in [2.24, 2.45) is 0 Å². The maximum atomic E-state index is 13.0. The van der Waals surface area contributed by atoms with Crippen LogP contribution in [0.15, 0.2) is 29.6 Å². The zero-order chi connectivity index (χ0) is 23.3. The van der Waals surface area contributed by atoms with Gasteiger partial charge in [-0.25, -0.2) is 4.98 Å². The zero-order valence-electron chi connectivity index (χ0n) is 19.0. The van der Waals surface area contributed by atoms with E-state index in [0.29, 0.717) is 18.4 Å². The highest BCUT2D eigenvalue weighted by molar-refractivity contribution is 7.14. The van der Waals surface area contributed by atoms with Crippen molar-refractivity contribution in [2.45, 2.75) is 37.6 Å². The number of amides is 2. The molecule has 1 aromatic heterocycles. The van der Waals surface area contributed by atoms with Gasteiger partial charge in [0.1, 0.15) is 12.1 Å². The summed E-state index contributed by atoms with van der Waals surface area (Å²) in [6, 6.07) is 9.30. The van der Waals surface area contributed by atoms with E-state index in [0.717, 1.165) is 61.8 Å². The molecular formula is C24H30N6O2S. The number of thiazole rings is 1. The fraction of sp³-hybridized carbons (Fsp3) is 0.500. The number of nitriles is 1. The van der Waals surface area contributed by atoms with Gasteiger partial charge in [0.2, 0.25) is 5.91 Å². The van der Waals surface area contributed by atoms with E-state index in [1.54, 1.807) is 23.5 Å². The lowest BCUT2D eigenvalue weighted by Gasteiger charge is -2.36. The molecule has 2 N–H and O–H groups in total. The average Bonchev–Trinajstić information content (AvgIpc) is 3.34. The van der Waals surface area contributed by atoms with Crippen LogP contribution >= 0.6 is 11.3 Å². The van der Waals surface area contributed by atoms with Gasteiger partial charge in [-0.2, -0.15) is 5.26 Å². The number of carbonyl (C=O) groups excluding carboxylic acids is 2. The Morgan fingerprint density at radius 2 is 1.82 bits per heavy atom. The van der Waals surface area contributed by atoms with Gasteiger partial charge < -0.3 is 20.4 Å². The third-order valence-electron chi connectivity index (χ3n) is 6.53. The fourth-order valence-electron chi connectivity index (χ4n) is 4.47. The molecule has 174 valence electrons. The van der Waals surface area contributed by atoms with Crippen LogP contribution in [0.5, 0.6) is 0 Å². The number of rotatable bonds is 6. The average molecular weight is 466 g/mol. The molecule has 2 aromatic rings. The highest BCUT2D eigenvalue weighted by atomic mass is 32.1. The first-order valence-corrected chi connectivity index (χ1v) is 12.4. The predicted molar refractivity (Wildman–Crippen MR) is 129 cm³/mol. The third-order valence-corrected chi connectivity index (χ3v) is 7.43. The number of hydrogen-bond donors (Lipinski definition) is 2. The maximum Gasteiger partial charge on any atom is 0.252 e. The second kappa shape index (κ2) is 10.3. The Kier molecular flexibility index (Phi) is 7.26. The van der Waals surface area contributed by atoms with E-state index < -0.39 is 5.54 Å². The van der Waals surface area contributed by atoms with Gasteiger partial charge in [0.05, 0.1) is 11.8 Å². The van der Waals surface area contributed by atoms with Crippen molar-refractivity contribution in [1.82, 2.24) is 20.5 Å². The van der Waals surface area contributed by atoms with Crippen LogP contribution in [0.3, 0.4) is 0 Å². The zero-order valence-corrected chi connectivity index (χ0v) is 19.8. The monoisotopic (exact) mass is 465 g/mol. The SMILES string of the molecule is [11CH3]N1CCN(c2nc(-c3ccc(C(=O)NC4(C(=O)NCC#N)CCCCC4)cc3)cs2)CC1. The number of piperazine rings is 1. The lowest BCUT2D eigenvalue weighted by Crippen LogP contribution is -2.59. The second-order valence-electron chi connectivity index (χ2n) is 8.82. The van der Waals surface area contributed by atoms with Crippen molar-refractivity contribution in [2.75, 3.05) is 44.7 Å². The Balaban J connectivity index is 1.44. The molecule has 1 aliphatic heterocycles. The number of nitrogens with zero attached hydrogens (tertiary/aromatic N) is 4. The molecule has 2 aliphatic rings.